The van der Waals surface area contributed by atoms with Gasteiger partial charge in [0, 0.05) is 18.0 Å². The third-order valence-corrected chi connectivity index (χ3v) is 3.12. The van der Waals surface area contributed by atoms with Crippen molar-refractivity contribution < 1.29 is 4.52 Å². The van der Waals surface area contributed by atoms with Crippen molar-refractivity contribution in [2.24, 2.45) is 0 Å². The molecule has 1 saturated heterocycles. The number of rotatable bonds is 2. The van der Waals surface area contributed by atoms with Crippen molar-refractivity contribution >= 4 is 12.4 Å². The molecule has 3 rings (SSSR count). The lowest BCUT2D eigenvalue weighted by Crippen LogP contribution is -2.28. The summed E-state index contributed by atoms with van der Waals surface area (Å²) in [6, 6.07) is 9.89. The van der Waals surface area contributed by atoms with Gasteiger partial charge in [0.25, 0.3) is 5.89 Å². The Morgan fingerprint density at radius 3 is 2.78 bits per heavy atom. The molecule has 5 heteroatoms. The van der Waals surface area contributed by atoms with E-state index in [-0.39, 0.29) is 12.4 Å². The minimum absolute atomic E-state index is 0. The van der Waals surface area contributed by atoms with Gasteiger partial charge in [-0.2, -0.15) is 4.98 Å². The predicted octanol–water partition coefficient (Wildman–Crippen LogP) is 2.63. The normalized spacial score (nSPS) is 19.2. The number of piperidine rings is 1. The zero-order valence-electron chi connectivity index (χ0n) is 10.0. The van der Waals surface area contributed by atoms with Gasteiger partial charge in [0.1, 0.15) is 0 Å². The molecule has 0 amide bonds. The molecule has 1 aliphatic heterocycles. The van der Waals surface area contributed by atoms with Crippen molar-refractivity contribution in [2.75, 3.05) is 13.1 Å². The fraction of sp³-hybridized carbons (Fsp3) is 0.385. The van der Waals surface area contributed by atoms with Gasteiger partial charge in [0.2, 0.25) is 0 Å². The van der Waals surface area contributed by atoms with Crippen LogP contribution in [0.5, 0.6) is 0 Å². The van der Waals surface area contributed by atoms with Crippen LogP contribution < -0.4 is 5.32 Å². The van der Waals surface area contributed by atoms with E-state index in [1.165, 1.54) is 6.42 Å². The standard InChI is InChI=1S/C13H15N3O.ClH/c1-2-5-10(6-3-1)13-15-12(16-17-13)11-7-4-8-14-9-11;/h1-3,5-6,11,14H,4,7-9H2;1H. The lowest BCUT2D eigenvalue weighted by molar-refractivity contribution is 0.393. The number of benzene rings is 1. The molecule has 0 saturated carbocycles. The van der Waals surface area contributed by atoms with E-state index in [4.69, 9.17) is 4.52 Å². The second-order valence-corrected chi connectivity index (χ2v) is 4.37. The van der Waals surface area contributed by atoms with Crippen LogP contribution in [0, 0.1) is 0 Å². The Labute approximate surface area is 112 Å². The van der Waals surface area contributed by atoms with Crippen LogP contribution in [0.1, 0.15) is 24.6 Å². The Kier molecular flexibility index (Phi) is 4.33. The summed E-state index contributed by atoms with van der Waals surface area (Å²) < 4.78 is 5.32. The molecule has 0 aliphatic carbocycles. The molecule has 0 radical (unpaired) electrons. The molecule has 2 aromatic rings. The molecule has 4 nitrogen and oxygen atoms in total. The number of nitrogens with one attached hydrogen (secondary N) is 1. The zero-order chi connectivity index (χ0) is 11.5. The van der Waals surface area contributed by atoms with Crippen LogP contribution in [-0.4, -0.2) is 23.2 Å². The molecule has 0 spiro atoms. The lowest BCUT2D eigenvalue weighted by atomic mass is 9.99. The maximum Gasteiger partial charge on any atom is 0.257 e. The summed E-state index contributed by atoms with van der Waals surface area (Å²) in [5.74, 6) is 1.84. The summed E-state index contributed by atoms with van der Waals surface area (Å²) in [4.78, 5) is 4.49. The monoisotopic (exact) mass is 265 g/mol. The minimum atomic E-state index is 0. The van der Waals surface area contributed by atoms with E-state index >= 15 is 0 Å². The highest BCUT2D eigenvalue weighted by Crippen LogP contribution is 2.23. The van der Waals surface area contributed by atoms with Gasteiger partial charge in [0.05, 0.1) is 0 Å². The van der Waals surface area contributed by atoms with Crippen LogP contribution in [-0.2, 0) is 0 Å². The van der Waals surface area contributed by atoms with Crippen LogP contribution >= 0.6 is 12.4 Å². The molecule has 1 atom stereocenters. The summed E-state index contributed by atoms with van der Waals surface area (Å²) in [6.45, 7) is 2.05. The highest BCUT2D eigenvalue weighted by atomic mass is 35.5. The molecule has 1 fully saturated rings. The van der Waals surface area contributed by atoms with Crippen LogP contribution in [0.2, 0.25) is 0 Å². The third kappa shape index (κ3) is 2.71. The van der Waals surface area contributed by atoms with Crippen LogP contribution in [0.25, 0.3) is 11.5 Å². The second kappa shape index (κ2) is 5.98. The average Bonchev–Trinajstić information content (AvgIpc) is 2.90. The fourth-order valence-corrected chi connectivity index (χ4v) is 2.17. The molecule has 96 valence electrons. The zero-order valence-corrected chi connectivity index (χ0v) is 10.8. The van der Waals surface area contributed by atoms with E-state index in [1.807, 2.05) is 30.3 Å². The lowest BCUT2D eigenvalue weighted by Gasteiger charge is -2.19. The van der Waals surface area contributed by atoms with Crippen molar-refractivity contribution in [1.29, 1.82) is 0 Å². The Balaban J connectivity index is 0.00000120. The Morgan fingerprint density at radius 2 is 2.06 bits per heavy atom. The Morgan fingerprint density at radius 1 is 1.22 bits per heavy atom. The Hall–Kier alpha value is -1.39. The number of nitrogens with zero attached hydrogens (tertiary/aromatic N) is 2. The van der Waals surface area contributed by atoms with E-state index < -0.39 is 0 Å². The fourth-order valence-electron chi connectivity index (χ4n) is 2.17. The van der Waals surface area contributed by atoms with Crippen LogP contribution in [0.15, 0.2) is 34.9 Å². The smallest absolute Gasteiger partial charge is 0.257 e. The summed E-state index contributed by atoms with van der Waals surface area (Å²) in [5, 5.41) is 7.45. The van der Waals surface area contributed by atoms with Crippen LogP contribution in [0.4, 0.5) is 0 Å². The summed E-state index contributed by atoms with van der Waals surface area (Å²) >= 11 is 0. The van der Waals surface area contributed by atoms with Crippen molar-refractivity contribution in [3.8, 4) is 11.5 Å². The highest BCUT2D eigenvalue weighted by Gasteiger charge is 2.20. The van der Waals surface area contributed by atoms with Gasteiger partial charge in [-0.1, -0.05) is 23.4 Å². The first-order valence-electron chi connectivity index (χ1n) is 6.03. The summed E-state index contributed by atoms with van der Waals surface area (Å²) in [5.41, 5.74) is 0.981. The number of hydrogen-bond donors (Lipinski definition) is 1. The van der Waals surface area contributed by atoms with Gasteiger partial charge < -0.3 is 9.84 Å². The number of halogens is 1. The molecule has 1 N–H and O–H groups in total. The molecule has 1 aromatic heterocycles. The maximum absolute atomic E-state index is 5.32. The second-order valence-electron chi connectivity index (χ2n) is 4.37. The Bertz CT molecular complexity index is 480. The highest BCUT2D eigenvalue weighted by molar-refractivity contribution is 5.85. The SMILES string of the molecule is Cl.c1ccc(-c2nc(C3CCCNC3)no2)cc1. The van der Waals surface area contributed by atoms with Gasteiger partial charge in [-0.3, -0.25) is 0 Å². The number of hydrogen-bond acceptors (Lipinski definition) is 4. The minimum Gasteiger partial charge on any atom is -0.334 e. The van der Waals surface area contributed by atoms with E-state index in [2.05, 4.69) is 15.5 Å². The van der Waals surface area contributed by atoms with Gasteiger partial charge in [-0.15, -0.1) is 12.4 Å². The van der Waals surface area contributed by atoms with Gasteiger partial charge in [-0.25, -0.2) is 0 Å². The van der Waals surface area contributed by atoms with Crippen molar-refractivity contribution in [2.45, 2.75) is 18.8 Å². The molecule has 1 aromatic carbocycles. The molecular weight excluding hydrogens is 250 g/mol. The topological polar surface area (TPSA) is 51.0 Å². The maximum atomic E-state index is 5.32. The van der Waals surface area contributed by atoms with Crippen molar-refractivity contribution in [3.05, 3.63) is 36.2 Å². The molecule has 1 aliphatic rings. The molecule has 1 unspecified atom stereocenters. The van der Waals surface area contributed by atoms with E-state index in [9.17, 15) is 0 Å². The first kappa shape index (κ1) is 13.1. The number of aromatic nitrogens is 2. The third-order valence-electron chi connectivity index (χ3n) is 3.12. The van der Waals surface area contributed by atoms with Gasteiger partial charge in [0.15, 0.2) is 5.82 Å². The first-order valence-corrected chi connectivity index (χ1v) is 6.03. The quantitative estimate of drug-likeness (QED) is 0.907. The summed E-state index contributed by atoms with van der Waals surface area (Å²) in [6.07, 6.45) is 2.32. The van der Waals surface area contributed by atoms with E-state index in [0.717, 1.165) is 30.9 Å². The molecule has 0 bridgehead atoms. The molecular formula is C13H16ClN3O. The van der Waals surface area contributed by atoms with E-state index in [1.54, 1.807) is 0 Å². The van der Waals surface area contributed by atoms with Gasteiger partial charge in [-0.05, 0) is 31.5 Å². The van der Waals surface area contributed by atoms with Crippen molar-refractivity contribution in [3.63, 3.8) is 0 Å². The van der Waals surface area contributed by atoms with E-state index in [0.29, 0.717) is 11.8 Å². The molecule has 18 heavy (non-hydrogen) atoms. The summed E-state index contributed by atoms with van der Waals surface area (Å²) in [7, 11) is 0. The van der Waals surface area contributed by atoms with Gasteiger partial charge >= 0.3 is 0 Å². The predicted molar refractivity (Wildman–Crippen MR) is 71.8 cm³/mol. The average molecular weight is 266 g/mol. The largest absolute Gasteiger partial charge is 0.334 e. The van der Waals surface area contributed by atoms with Crippen LogP contribution in [0.3, 0.4) is 0 Å². The molecule has 2 heterocycles. The first-order chi connectivity index (χ1) is 8.43. The van der Waals surface area contributed by atoms with Crippen molar-refractivity contribution in [1.82, 2.24) is 15.5 Å².